The number of fused-ring (bicyclic) bond motifs is 1. The number of unbranched alkanes of at least 4 members (excludes halogenated alkanes) is 1. The molecule has 0 aliphatic heterocycles. The Kier molecular flexibility index (Phi) is 8.81. The van der Waals surface area contributed by atoms with Crippen LogP contribution in [0, 0.1) is 12.7 Å². The Morgan fingerprint density at radius 2 is 1.95 bits per heavy atom. The molecule has 0 unspecified atom stereocenters. The molecule has 8 nitrogen and oxygen atoms in total. The second-order valence-corrected chi connectivity index (χ2v) is 9.69. The highest BCUT2D eigenvalue weighted by Crippen LogP contribution is 2.25. The lowest BCUT2D eigenvalue weighted by Gasteiger charge is -2.27. The average molecular weight is 530 g/mol. The number of hydrogen-bond acceptors (Lipinski definition) is 7. The van der Waals surface area contributed by atoms with Crippen molar-refractivity contribution in [2.24, 2.45) is 0 Å². The van der Waals surface area contributed by atoms with Gasteiger partial charge in [0.1, 0.15) is 11.3 Å². The number of imidazole rings is 1. The maximum atomic E-state index is 13.3. The molecule has 4 aromatic rings. The van der Waals surface area contributed by atoms with E-state index in [0.717, 1.165) is 24.1 Å². The first kappa shape index (κ1) is 27.6. The third-order valence-electron chi connectivity index (χ3n) is 6.46. The number of halogens is 1. The molecule has 2 heterocycles. The van der Waals surface area contributed by atoms with Crippen molar-refractivity contribution < 1.29 is 9.13 Å². The molecule has 3 N–H and O–H groups in total. The molecule has 0 bridgehead atoms. The van der Waals surface area contributed by atoms with Crippen LogP contribution in [0.1, 0.15) is 37.8 Å². The Morgan fingerprint density at radius 1 is 1.18 bits per heavy atom. The number of nitrogens with one attached hydrogen (secondary N) is 1. The maximum absolute atomic E-state index is 13.3. The predicted molar refractivity (Wildman–Crippen MR) is 155 cm³/mol. The lowest BCUT2D eigenvalue weighted by Crippen LogP contribution is -2.25. The Balaban J connectivity index is 1.26. The van der Waals surface area contributed by atoms with Crippen LogP contribution in [-0.4, -0.2) is 32.2 Å². The molecule has 0 saturated heterocycles. The largest absolute Gasteiger partial charge is 0.480 e. The minimum absolute atomic E-state index is 0.297. The van der Waals surface area contributed by atoms with E-state index in [9.17, 15) is 4.39 Å². The van der Waals surface area contributed by atoms with E-state index in [1.807, 2.05) is 10.8 Å². The molecule has 4 rings (SSSR count). The average Bonchev–Trinajstić information content (AvgIpc) is 3.32. The molecule has 0 spiro atoms. The van der Waals surface area contributed by atoms with Crippen molar-refractivity contribution in [3.63, 3.8) is 0 Å². The predicted octanol–water partition coefficient (Wildman–Crippen LogP) is 5.94. The number of aromatic nitrogens is 4. The van der Waals surface area contributed by atoms with Gasteiger partial charge >= 0.3 is 0 Å². The smallest absolute Gasteiger partial charge is 0.179 e. The first-order valence-corrected chi connectivity index (χ1v) is 13.1. The summed E-state index contributed by atoms with van der Waals surface area (Å²) in [4.78, 5) is 15.5. The standard InChI is InChI=1S/C30H36FN7O/c1-6-38(20(2)3)26-17-23(10-9-21(26)4)18-33-22(5)39-16-8-7-15-37-19-34-27-28(32)35-29(36-30(27)37)24-11-13-25(31)14-12-24/h6,9-14,17,19-20,33H,1,5,7-8,15-16,18H2,2-4H3,(H2,32,35,36). The molecule has 0 amide bonds. The summed E-state index contributed by atoms with van der Waals surface area (Å²) in [5.41, 5.74) is 11.5. The van der Waals surface area contributed by atoms with E-state index in [-0.39, 0.29) is 5.82 Å². The maximum Gasteiger partial charge on any atom is 0.179 e. The van der Waals surface area contributed by atoms with Crippen LogP contribution in [0.4, 0.5) is 15.9 Å². The van der Waals surface area contributed by atoms with Crippen molar-refractivity contribution in [2.75, 3.05) is 17.2 Å². The van der Waals surface area contributed by atoms with Gasteiger partial charge in [-0.2, -0.15) is 0 Å². The zero-order valence-corrected chi connectivity index (χ0v) is 22.8. The molecule has 2 aromatic heterocycles. The van der Waals surface area contributed by atoms with Gasteiger partial charge in [0, 0.05) is 30.4 Å². The highest BCUT2D eigenvalue weighted by Gasteiger charge is 2.13. The molecular weight excluding hydrogens is 493 g/mol. The molecule has 0 radical (unpaired) electrons. The lowest BCUT2D eigenvalue weighted by atomic mass is 10.1. The third-order valence-corrected chi connectivity index (χ3v) is 6.46. The normalized spacial score (nSPS) is 11.1. The van der Waals surface area contributed by atoms with Gasteiger partial charge in [0.05, 0.1) is 12.9 Å². The Labute approximate surface area is 229 Å². The summed E-state index contributed by atoms with van der Waals surface area (Å²) in [6, 6.07) is 12.7. The second kappa shape index (κ2) is 12.4. The van der Waals surface area contributed by atoms with Gasteiger partial charge in [-0.05, 0) is 87.9 Å². The molecule has 0 aliphatic carbocycles. The number of aryl methyl sites for hydroxylation is 2. The van der Waals surface area contributed by atoms with Crippen LogP contribution in [0.3, 0.4) is 0 Å². The zero-order valence-electron chi connectivity index (χ0n) is 22.8. The Bertz CT molecular complexity index is 1450. The highest BCUT2D eigenvalue weighted by molar-refractivity contribution is 5.83. The summed E-state index contributed by atoms with van der Waals surface area (Å²) < 4.78 is 21.1. The van der Waals surface area contributed by atoms with E-state index in [2.05, 4.69) is 77.3 Å². The number of ether oxygens (including phenoxy) is 1. The number of nitrogens with two attached hydrogens (primary N) is 1. The summed E-state index contributed by atoms with van der Waals surface area (Å²) in [6.45, 7) is 16.2. The lowest BCUT2D eigenvalue weighted by molar-refractivity contribution is 0.185. The van der Waals surface area contributed by atoms with Crippen molar-refractivity contribution in [3.05, 3.63) is 91.0 Å². The minimum Gasteiger partial charge on any atom is -0.480 e. The third kappa shape index (κ3) is 6.73. The number of nitrogens with zero attached hydrogens (tertiary/aromatic N) is 5. The molecule has 0 saturated carbocycles. The van der Waals surface area contributed by atoms with Crippen LogP contribution in [-0.2, 0) is 17.8 Å². The van der Waals surface area contributed by atoms with E-state index in [1.165, 1.54) is 17.7 Å². The van der Waals surface area contributed by atoms with Crippen molar-refractivity contribution in [3.8, 4) is 11.4 Å². The summed E-state index contributed by atoms with van der Waals surface area (Å²) >= 11 is 0. The summed E-state index contributed by atoms with van der Waals surface area (Å²) in [6.07, 6.45) is 5.25. The first-order chi connectivity index (χ1) is 18.8. The van der Waals surface area contributed by atoms with Crippen molar-refractivity contribution in [1.82, 2.24) is 24.8 Å². The van der Waals surface area contributed by atoms with Gasteiger partial charge in [0.25, 0.3) is 0 Å². The first-order valence-electron chi connectivity index (χ1n) is 13.1. The summed E-state index contributed by atoms with van der Waals surface area (Å²) in [5, 5.41) is 3.26. The van der Waals surface area contributed by atoms with Crippen molar-refractivity contribution in [2.45, 2.75) is 52.7 Å². The Hall–Kier alpha value is -4.40. The molecule has 204 valence electrons. The summed E-state index contributed by atoms with van der Waals surface area (Å²) in [7, 11) is 0. The summed E-state index contributed by atoms with van der Waals surface area (Å²) in [5.74, 6) is 0.961. The topological polar surface area (TPSA) is 94.1 Å². The monoisotopic (exact) mass is 529 g/mol. The highest BCUT2D eigenvalue weighted by atomic mass is 19.1. The molecule has 0 fully saturated rings. The second-order valence-electron chi connectivity index (χ2n) is 9.69. The molecule has 0 aliphatic rings. The van der Waals surface area contributed by atoms with E-state index in [1.54, 1.807) is 18.5 Å². The van der Waals surface area contributed by atoms with Crippen LogP contribution < -0.4 is 16.0 Å². The van der Waals surface area contributed by atoms with E-state index in [0.29, 0.717) is 60.0 Å². The van der Waals surface area contributed by atoms with Gasteiger partial charge in [0.15, 0.2) is 23.2 Å². The molecular formula is C30H36FN7O. The molecule has 2 aromatic carbocycles. The van der Waals surface area contributed by atoms with E-state index < -0.39 is 0 Å². The van der Waals surface area contributed by atoms with Crippen LogP contribution in [0.15, 0.2) is 74.0 Å². The van der Waals surface area contributed by atoms with Gasteiger partial charge in [-0.15, -0.1) is 0 Å². The van der Waals surface area contributed by atoms with Crippen molar-refractivity contribution >= 4 is 22.7 Å². The molecule has 39 heavy (non-hydrogen) atoms. The van der Waals surface area contributed by atoms with Crippen LogP contribution in [0.5, 0.6) is 0 Å². The van der Waals surface area contributed by atoms with Crippen molar-refractivity contribution in [1.29, 1.82) is 0 Å². The number of hydrogen-bond donors (Lipinski definition) is 2. The fraction of sp³-hybridized carbons (Fsp3) is 0.300. The van der Waals surface area contributed by atoms with E-state index >= 15 is 0 Å². The van der Waals surface area contributed by atoms with Gasteiger partial charge in [-0.1, -0.05) is 18.7 Å². The van der Waals surface area contributed by atoms with Crippen LogP contribution >= 0.6 is 0 Å². The number of anilines is 2. The van der Waals surface area contributed by atoms with Crippen LogP contribution in [0.25, 0.3) is 22.6 Å². The van der Waals surface area contributed by atoms with Gasteiger partial charge in [0.2, 0.25) is 0 Å². The molecule has 0 atom stereocenters. The number of rotatable bonds is 13. The fourth-order valence-corrected chi connectivity index (χ4v) is 4.32. The SMILES string of the molecule is C=CN(c1cc(CNC(=C)OCCCCn2cnc3c(N)nc(-c4ccc(F)cc4)nc32)ccc1C)C(C)C. The van der Waals surface area contributed by atoms with E-state index in [4.69, 9.17) is 10.5 Å². The molecule has 9 heteroatoms. The quantitative estimate of drug-likeness (QED) is 0.164. The number of nitrogen functional groups attached to an aromatic ring is 1. The van der Waals surface area contributed by atoms with Crippen LogP contribution in [0.2, 0.25) is 0 Å². The number of benzene rings is 2. The minimum atomic E-state index is -0.316. The fourth-order valence-electron chi connectivity index (χ4n) is 4.32. The Morgan fingerprint density at radius 3 is 2.67 bits per heavy atom. The zero-order chi connectivity index (χ0) is 27.9. The van der Waals surface area contributed by atoms with Gasteiger partial charge in [-0.3, -0.25) is 0 Å². The van der Waals surface area contributed by atoms with Gasteiger partial charge < -0.3 is 25.3 Å². The van der Waals surface area contributed by atoms with Gasteiger partial charge in [-0.25, -0.2) is 19.3 Å².